The van der Waals surface area contributed by atoms with Gasteiger partial charge in [-0.25, -0.2) is 9.59 Å². The van der Waals surface area contributed by atoms with Gasteiger partial charge in [0, 0.05) is 0 Å². The monoisotopic (exact) mass is 296 g/mol. The Morgan fingerprint density at radius 2 is 1.21 bits per heavy atom. The molecule has 0 saturated heterocycles. The maximum atomic E-state index is 10.9. The van der Waals surface area contributed by atoms with Crippen LogP contribution in [0, 0.1) is 0 Å². The van der Waals surface area contributed by atoms with Gasteiger partial charge in [-0.15, -0.1) is 0 Å². The zero-order valence-corrected chi connectivity index (χ0v) is 11.3. The number of fused-ring (bicyclic) bond motifs is 1. The first-order valence-corrected chi connectivity index (χ1v) is 4.18. The zero-order chi connectivity index (χ0) is 13.9. The predicted octanol–water partition coefficient (Wildman–Crippen LogP) is -5.66. The number of aliphatic carboxylic acids is 2. The fourth-order valence-electron chi connectivity index (χ4n) is 0.958. The van der Waals surface area contributed by atoms with Gasteiger partial charge >= 0.3 is 49.1 Å². The second kappa shape index (κ2) is 6.92. The van der Waals surface area contributed by atoms with E-state index < -0.39 is 28.9 Å². The van der Waals surface area contributed by atoms with Crippen LogP contribution in [-0.4, -0.2) is 69.6 Å². The number of hydrogen-bond donors (Lipinski definition) is 4. The van der Waals surface area contributed by atoms with Crippen LogP contribution in [0.25, 0.3) is 11.2 Å². The molecule has 0 atom stereocenters. The number of aromatic nitrogens is 4. The first-order valence-electron chi connectivity index (χ1n) is 4.18. The summed E-state index contributed by atoms with van der Waals surface area (Å²) in [5, 5.41) is 17.9. The first-order chi connectivity index (χ1) is 8.31. The van der Waals surface area contributed by atoms with Crippen LogP contribution in [0.15, 0.2) is 14.4 Å². The quantitative estimate of drug-likeness (QED) is 0.274. The largest absolute Gasteiger partial charge is 2.00 e. The number of hydrogen-bond acceptors (Lipinski definition) is 7. The van der Waals surface area contributed by atoms with Gasteiger partial charge in [0.25, 0.3) is 5.56 Å². The summed E-state index contributed by atoms with van der Waals surface area (Å²) in [6.45, 7) is 0. The minimum absolute atomic E-state index is 0. The molecule has 0 radical (unpaired) electrons. The van der Waals surface area contributed by atoms with Gasteiger partial charge in [0.05, 0.1) is 11.9 Å². The summed E-state index contributed by atoms with van der Waals surface area (Å²) in [6, 6.07) is 0. The standard InChI is InChI=1S/C5H4N4O3.C2H2O4.Ca/c10-3-1-2(7-4(11)6-1)8-5(12)9-3;3-1(4)2(5)6;/h(H4,6,7,8,9,10,11,12);(H,3,4)(H,5,6);/q;;+2/p-2. The van der Waals surface area contributed by atoms with Crippen molar-refractivity contribution >= 4 is 60.8 Å². The average molecular weight is 296 g/mol. The van der Waals surface area contributed by atoms with Crippen molar-refractivity contribution in [2.75, 3.05) is 0 Å². The Morgan fingerprint density at radius 1 is 0.789 bits per heavy atom. The molecule has 2 aromatic rings. The van der Waals surface area contributed by atoms with Crippen molar-refractivity contribution in [3.05, 3.63) is 31.3 Å². The second-order valence-corrected chi connectivity index (χ2v) is 2.81. The molecule has 0 unspecified atom stereocenters. The Labute approximate surface area is 131 Å². The number of nitrogens with one attached hydrogen (secondary N) is 4. The Bertz CT molecular complexity index is 754. The van der Waals surface area contributed by atoms with Crippen molar-refractivity contribution in [1.29, 1.82) is 0 Å². The molecule has 2 heterocycles. The molecule has 0 aromatic carbocycles. The molecule has 0 saturated carbocycles. The first kappa shape index (κ1) is 17.1. The van der Waals surface area contributed by atoms with Gasteiger partial charge in [-0.1, -0.05) is 0 Å². The summed E-state index contributed by atoms with van der Waals surface area (Å²) in [6.07, 6.45) is 0. The Morgan fingerprint density at radius 3 is 1.63 bits per heavy atom. The van der Waals surface area contributed by atoms with Crippen molar-refractivity contribution in [3.8, 4) is 0 Å². The molecule has 4 N–H and O–H groups in total. The Kier molecular flexibility index (Phi) is 6.24. The Balaban J connectivity index is 0.000000404. The minimum Gasteiger partial charge on any atom is -0.543 e. The number of carbonyl (C=O) groups excluding carboxylic acids is 2. The van der Waals surface area contributed by atoms with Crippen molar-refractivity contribution in [2.45, 2.75) is 0 Å². The fraction of sp³-hybridized carbons (Fsp3) is 0. The van der Waals surface area contributed by atoms with Crippen LogP contribution in [0.2, 0.25) is 0 Å². The molecule has 0 fully saturated rings. The third-order valence-electron chi connectivity index (χ3n) is 1.59. The molecular formula is C7H4CaN4O7. The molecule has 2 aromatic heterocycles. The molecule has 96 valence electrons. The van der Waals surface area contributed by atoms with Crippen LogP contribution in [0.4, 0.5) is 0 Å². The van der Waals surface area contributed by atoms with Gasteiger partial charge < -0.3 is 19.8 Å². The van der Waals surface area contributed by atoms with E-state index in [1.54, 1.807) is 0 Å². The predicted molar refractivity (Wildman–Crippen MR) is 55.9 cm³/mol. The topological polar surface area (TPSA) is 195 Å². The molecule has 0 aliphatic rings. The summed E-state index contributed by atoms with van der Waals surface area (Å²) in [7, 11) is 0. The maximum Gasteiger partial charge on any atom is 2.00 e. The number of imidazole rings is 1. The normalized spacial score (nSPS) is 9.05. The summed E-state index contributed by atoms with van der Waals surface area (Å²) in [5.41, 5.74) is -1.65. The van der Waals surface area contributed by atoms with Crippen LogP contribution < -0.4 is 27.2 Å². The molecule has 0 amide bonds. The van der Waals surface area contributed by atoms with E-state index in [-0.39, 0.29) is 48.9 Å². The number of aromatic amines is 4. The summed E-state index contributed by atoms with van der Waals surface area (Å²) in [5.74, 6) is -4.37. The van der Waals surface area contributed by atoms with E-state index >= 15 is 0 Å². The molecule has 11 nitrogen and oxygen atoms in total. The van der Waals surface area contributed by atoms with Gasteiger partial charge in [0.15, 0.2) is 0 Å². The zero-order valence-electron chi connectivity index (χ0n) is 9.06. The van der Waals surface area contributed by atoms with Gasteiger partial charge in [-0.3, -0.25) is 24.7 Å². The van der Waals surface area contributed by atoms with E-state index in [0.717, 1.165) is 0 Å². The van der Waals surface area contributed by atoms with Gasteiger partial charge in [0.1, 0.15) is 11.2 Å². The molecule has 19 heavy (non-hydrogen) atoms. The number of rotatable bonds is 0. The number of carbonyl (C=O) groups is 2. The summed E-state index contributed by atoms with van der Waals surface area (Å²) in [4.78, 5) is 58.8. The SMILES string of the molecule is O=C([O-])C(=O)[O-].O=c1[nH]c(=O)c2[nH]c(=O)[nH]c2[nH]1.[Ca+2]. The third-order valence-corrected chi connectivity index (χ3v) is 1.59. The van der Waals surface area contributed by atoms with Crippen molar-refractivity contribution in [2.24, 2.45) is 0 Å². The molecule has 0 aliphatic heterocycles. The smallest absolute Gasteiger partial charge is 0.543 e. The maximum absolute atomic E-state index is 10.9. The van der Waals surface area contributed by atoms with Crippen molar-refractivity contribution in [1.82, 2.24) is 19.9 Å². The molecule has 0 aliphatic carbocycles. The van der Waals surface area contributed by atoms with Crippen molar-refractivity contribution in [3.63, 3.8) is 0 Å². The average Bonchev–Trinajstić information content (AvgIpc) is 2.59. The number of carboxylic acids is 2. The van der Waals surface area contributed by atoms with Crippen LogP contribution in [0.5, 0.6) is 0 Å². The van der Waals surface area contributed by atoms with E-state index in [1.165, 1.54) is 0 Å². The molecule has 2 rings (SSSR count). The van der Waals surface area contributed by atoms with E-state index in [9.17, 15) is 14.4 Å². The fourth-order valence-corrected chi connectivity index (χ4v) is 0.958. The molecule has 0 spiro atoms. The molecule has 0 bridgehead atoms. The molecular weight excluding hydrogens is 292 g/mol. The van der Waals surface area contributed by atoms with Gasteiger partial charge in [0.2, 0.25) is 0 Å². The molecule has 12 heteroatoms. The van der Waals surface area contributed by atoms with Crippen molar-refractivity contribution < 1.29 is 19.8 Å². The number of carboxylic acid groups (broad SMARTS) is 2. The van der Waals surface area contributed by atoms with Crippen LogP contribution >= 0.6 is 0 Å². The van der Waals surface area contributed by atoms with Crippen LogP contribution in [0.3, 0.4) is 0 Å². The third kappa shape index (κ3) is 4.73. The van der Waals surface area contributed by atoms with Crippen LogP contribution in [-0.2, 0) is 9.59 Å². The second-order valence-electron chi connectivity index (χ2n) is 2.81. The Hall–Kier alpha value is -1.85. The van der Waals surface area contributed by atoms with E-state index in [0.29, 0.717) is 0 Å². The summed E-state index contributed by atoms with van der Waals surface area (Å²) >= 11 is 0. The van der Waals surface area contributed by atoms with E-state index in [1.807, 2.05) is 4.98 Å². The minimum atomic E-state index is -2.19. The van der Waals surface area contributed by atoms with Gasteiger partial charge in [-0.05, 0) is 0 Å². The van der Waals surface area contributed by atoms with Gasteiger partial charge in [-0.2, -0.15) is 0 Å². The number of H-pyrrole nitrogens is 4. The summed E-state index contributed by atoms with van der Waals surface area (Å²) < 4.78 is 0. The van der Waals surface area contributed by atoms with Crippen LogP contribution in [0.1, 0.15) is 0 Å². The van der Waals surface area contributed by atoms with E-state index in [4.69, 9.17) is 19.8 Å². The van der Waals surface area contributed by atoms with E-state index in [2.05, 4.69) is 15.0 Å².